The van der Waals surface area contributed by atoms with Crippen molar-refractivity contribution in [2.45, 2.75) is 13.8 Å². The highest BCUT2D eigenvalue weighted by molar-refractivity contribution is 7.00. The summed E-state index contributed by atoms with van der Waals surface area (Å²) in [6.45, 7) is 6.63. The number of carbonyl (C=O) groups is 1. The maximum absolute atomic E-state index is 12.9. The fraction of sp³-hybridized carbons (Fsp3) is 0.300. The molecule has 1 amide bonds. The van der Waals surface area contributed by atoms with Crippen LogP contribution in [0.4, 0.5) is 5.82 Å². The van der Waals surface area contributed by atoms with E-state index in [1.54, 1.807) is 4.68 Å². The summed E-state index contributed by atoms with van der Waals surface area (Å²) in [5, 5.41) is 13.2. The summed E-state index contributed by atoms with van der Waals surface area (Å²) in [6.07, 6.45) is 0. The number of aromatic nitrogens is 6. The summed E-state index contributed by atoms with van der Waals surface area (Å²) in [7, 11) is 0. The van der Waals surface area contributed by atoms with Crippen LogP contribution in [0, 0.1) is 13.8 Å². The van der Waals surface area contributed by atoms with E-state index in [2.05, 4.69) is 28.9 Å². The number of hydrogen-bond acceptors (Lipinski definition) is 8. The summed E-state index contributed by atoms with van der Waals surface area (Å²) in [5.41, 5.74) is 4.21. The molecule has 1 aliphatic rings. The van der Waals surface area contributed by atoms with E-state index >= 15 is 0 Å². The molecule has 0 bridgehead atoms. The Kier molecular flexibility index (Phi) is 4.62. The quantitative estimate of drug-likeness (QED) is 0.502. The summed E-state index contributed by atoms with van der Waals surface area (Å²) in [5.74, 6) is 1.53. The molecule has 9 nitrogen and oxygen atoms in total. The van der Waals surface area contributed by atoms with Gasteiger partial charge in [-0.1, -0.05) is 0 Å². The molecule has 4 heterocycles. The van der Waals surface area contributed by atoms with E-state index in [4.69, 9.17) is 0 Å². The predicted molar refractivity (Wildman–Crippen MR) is 114 cm³/mol. The molecule has 0 N–H and O–H groups in total. The Hall–Kier alpha value is -3.40. The minimum atomic E-state index is 0.0236. The zero-order valence-electron chi connectivity index (χ0n) is 16.7. The van der Waals surface area contributed by atoms with Gasteiger partial charge >= 0.3 is 0 Å². The molecule has 1 aromatic carbocycles. The lowest BCUT2D eigenvalue weighted by atomic mass is 10.1. The zero-order chi connectivity index (χ0) is 20.7. The van der Waals surface area contributed by atoms with Crippen LogP contribution in [0.1, 0.15) is 21.7 Å². The molecule has 0 atom stereocenters. The highest BCUT2D eigenvalue weighted by atomic mass is 32.1. The van der Waals surface area contributed by atoms with Gasteiger partial charge in [-0.3, -0.25) is 4.79 Å². The second kappa shape index (κ2) is 7.45. The fourth-order valence-electron chi connectivity index (χ4n) is 3.70. The van der Waals surface area contributed by atoms with Gasteiger partial charge in [-0.2, -0.15) is 13.8 Å². The summed E-state index contributed by atoms with van der Waals surface area (Å²) >= 11 is 1.16. The molecule has 10 heteroatoms. The largest absolute Gasteiger partial charge is 0.352 e. The second-order valence-electron chi connectivity index (χ2n) is 7.34. The van der Waals surface area contributed by atoms with Crippen LogP contribution in [0.2, 0.25) is 0 Å². The molecule has 0 aliphatic carbocycles. The molecule has 0 unspecified atom stereocenters. The molecular weight excluding hydrogens is 400 g/mol. The SMILES string of the molecule is Cc1cc(C)n(-c2ccc(N3CCN(C(=O)c4ccc5nsnc5c4)CC3)nn2)n1. The van der Waals surface area contributed by atoms with Crippen molar-refractivity contribution in [1.82, 2.24) is 33.6 Å². The minimum absolute atomic E-state index is 0.0236. The van der Waals surface area contributed by atoms with Gasteiger partial charge in [0.15, 0.2) is 11.6 Å². The molecule has 1 aliphatic heterocycles. The van der Waals surface area contributed by atoms with Crippen molar-refractivity contribution in [3.05, 3.63) is 53.3 Å². The normalized spacial score (nSPS) is 14.5. The first kappa shape index (κ1) is 18.6. The minimum Gasteiger partial charge on any atom is -0.352 e. The van der Waals surface area contributed by atoms with E-state index in [1.165, 1.54) is 0 Å². The Morgan fingerprint density at radius 3 is 2.33 bits per heavy atom. The number of anilines is 1. The number of nitrogens with zero attached hydrogens (tertiary/aromatic N) is 8. The molecule has 0 radical (unpaired) electrons. The van der Waals surface area contributed by atoms with E-state index in [-0.39, 0.29) is 5.91 Å². The number of benzene rings is 1. The summed E-state index contributed by atoms with van der Waals surface area (Å²) < 4.78 is 10.2. The van der Waals surface area contributed by atoms with Crippen LogP contribution in [0.5, 0.6) is 0 Å². The molecule has 1 saturated heterocycles. The van der Waals surface area contributed by atoms with E-state index in [0.29, 0.717) is 37.6 Å². The lowest BCUT2D eigenvalue weighted by molar-refractivity contribution is 0.0746. The van der Waals surface area contributed by atoms with Crippen molar-refractivity contribution in [2.75, 3.05) is 31.1 Å². The maximum Gasteiger partial charge on any atom is 0.254 e. The van der Waals surface area contributed by atoms with Crippen LogP contribution in [0.25, 0.3) is 16.9 Å². The van der Waals surface area contributed by atoms with Crippen molar-refractivity contribution in [3.8, 4) is 5.82 Å². The lowest BCUT2D eigenvalue weighted by Gasteiger charge is -2.35. The van der Waals surface area contributed by atoms with Crippen molar-refractivity contribution >= 4 is 34.5 Å². The van der Waals surface area contributed by atoms with Crippen LogP contribution in [-0.4, -0.2) is 65.7 Å². The van der Waals surface area contributed by atoms with Crippen molar-refractivity contribution in [2.24, 2.45) is 0 Å². The van der Waals surface area contributed by atoms with Gasteiger partial charge < -0.3 is 9.80 Å². The number of carbonyl (C=O) groups excluding carboxylic acids is 1. The van der Waals surface area contributed by atoms with Gasteiger partial charge in [0, 0.05) is 37.4 Å². The smallest absolute Gasteiger partial charge is 0.254 e. The molecular formula is C20H20N8OS. The first-order chi connectivity index (χ1) is 14.6. The monoisotopic (exact) mass is 420 g/mol. The van der Waals surface area contributed by atoms with Crippen molar-refractivity contribution in [3.63, 3.8) is 0 Å². The number of rotatable bonds is 3. The number of aryl methyl sites for hydroxylation is 2. The molecule has 0 saturated carbocycles. The van der Waals surface area contributed by atoms with Crippen LogP contribution < -0.4 is 4.90 Å². The van der Waals surface area contributed by atoms with Gasteiger partial charge in [0.05, 0.1) is 17.4 Å². The summed E-state index contributed by atoms with van der Waals surface area (Å²) in [6, 6.07) is 11.4. The Morgan fingerprint density at radius 1 is 0.900 bits per heavy atom. The highest BCUT2D eigenvalue weighted by Crippen LogP contribution is 2.18. The Balaban J connectivity index is 1.25. The number of piperazine rings is 1. The first-order valence-electron chi connectivity index (χ1n) is 9.72. The molecule has 0 spiro atoms. The molecule has 1 fully saturated rings. The average molecular weight is 421 g/mol. The molecule has 152 valence electrons. The first-order valence-corrected chi connectivity index (χ1v) is 10.5. The Morgan fingerprint density at radius 2 is 1.63 bits per heavy atom. The third kappa shape index (κ3) is 3.39. The van der Waals surface area contributed by atoms with Gasteiger partial charge in [0.2, 0.25) is 0 Å². The van der Waals surface area contributed by atoms with Gasteiger partial charge in [-0.25, -0.2) is 4.68 Å². The second-order valence-corrected chi connectivity index (χ2v) is 7.86. The van der Waals surface area contributed by atoms with E-state index in [9.17, 15) is 4.79 Å². The van der Waals surface area contributed by atoms with Gasteiger partial charge in [-0.15, -0.1) is 10.2 Å². The number of fused-ring (bicyclic) bond motifs is 1. The van der Waals surface area contributed by atoms with Crippen LogP contribution in [-0.2, 0) is 0 Å². The van der Waals surface area contributed by atoms with Crippen LogP contribution in [0.3, 0.4) is 0 Å². The number of hydrogen-bond donors (Lipinski definition) is 0. The molecule has 5 rings (SSSR count). The van der Waals surface area contributed by atoms with E-state index in [1.807, 2.05) is 55.1 Å². The standard InChI is InChI=1S/C20H20N8OS/c1-13-11-14(2)28(23-13)19-6-5-18(21-22-19)26-7-9-27(10-8-26)20(29)15-3-4-16-17(12-15)25-30-24-16/h3-6,11-12H,7-10H2,1-2H3. The topological polar surface area (TPSA) is 92.9 Å². The predicted octanol–water partition coefficient (Wildman–Crippen LogP) is 2.25. The van der Waals surface area contributed by atoms with E-state index in [0.717, 1.165) is 40.0 Å². The third-order valence-corrected chi connectivity index (χ3v) is 5.81. The number of amides is 1. The highest BCUT2D eigenvalue weighted by Gasteiger charge is 2.23. The fourth-order valence-corrected chi connectivity index (χ4v) is 4.21. The third-order valence-electron chi connectivity index (χ3n) is 5.25. The van der Waals surface area contributed by atoms with Gasteiger partial charge in [-0.05, 0) is 50.2 Å². The van der Waals surface area contributed by atoms with Crippen molar-refractivity contribution in [1.29, 1.82) is 0 Å². The molecule has 30 heavy (non-hydrogen) atoms. The van der Waals surface area contributed by atoms with Gasteiger partial charge in [0.25, 0.3) is 5.91 Å². The average Bonchev–Trinajstić information content (AvgIpc) is 3.38. The Labute approximate surface area is 177 Å². The summed E-state index contributed by atoms with van der Waals surface area (Å²) in [4.78, 5) is 16.9. The van der Waals surface area contributed by atoms with Crippen LogP contribution >= 0.6 is 11.7 Å². The van der Waals surface area contributed by atoms with Gasteiger partial charge in [0.1, 0.15) is 11.0 Å². The Bertz CT molecular complexity index is 1210. The van der Waals surface area contributed by atoms with Crippen molar-refractivity contribution < 1.29 is 4.79 Å². The van der Waals surface area contributed by atoms with Crippen LogP contribution in [0.15, 0.2) is 36.4 Å². The molecule has 3 aromatic heterocycles. The maximum atomic E-state index is 12.9. The van der Waals surface area contributed by atoms with E-state index < -0.39 is 0 Å². The zero-order valence-corrected chi connectivity index (χ0v) is 17.5. The molecule has 4 aromatic rings. The lowest BCUT2D eigenvalue weighted by Crippen LogP contribution is -2.49.